The summed E-state index contributed by atoms with van der Waals surface area (Å²) in [5.41, 5.74) is 17.5. The monoisotopic (exact) mass is 535 g/mol. The molecule has 212 valence electrons. The first-order valence-corrected chi connectivity index (χ1v) is 12.4. The molecule has 1 rings (SSSR count). The summed E-state index contributed by atoms with van der Waals surface area (Å²) in [4.78, 5) is 61.4. The van der Waals surface area contributed by atoms with E-state index in [0.717, 1.165) is 0 Å². The van der Waals surface area contributed by atoms with Crippen molar-refractivity contribution >= 4 is 35.5 Å². The molecule has 13 nitrogen and oxygen atoms in total. The van der Waals surface area contributed by atoms with Crippen molar-refractivity contribution in [3.8, 4) is 0 Å². The first-order chi connectivity index (χ1) is 17.7. The molecule has 1 aromatic carbocycles. The molecule has 38 heavy (non-hydrogen) atoms. The van der Waals surface area contributed by atoms with E-state index in [1.807, 2.05) is 0 Å². The maximum atomic E-state index is 12.9. The third kappa shape index (κ3) is 10.6. The lowest BCUT2D eigenvalue weighted by atomic mass is 10.0. The van der Waals surface area contributed by atoms with E-state index in [0.29, 0.717) is 17.7 Å². The number of likely N-dealkylation sites (N-methyl/N-ethyl adjacent to an activating group) is 1. The topological polar surface area (TPSA) is 212 Å². The molecule has 9 N–H and O–H groups in total. The molecule has 0 unspecified atom stereocenters. The number of nitrogens with zero attached hydrogens (tertiary/aromatic N) is 1. The molecular formula is C25H41N7O6. The number of hydrogen-bond donors (Lipinski definition) is 6. The molecule has 0 aliphatic carbocycles. The van der Waals surface area contributed by atoms with E-state index < -0.39 is 48.0 Å². The summed E-state index contributed by atoms with van der Waals surface area (Å²) in [5.74, 6) is -1.84. The average molecular weight is 536 g/mol. The van der Waals surface area contributed by atoms with Crippen LogP contribution in [0.25, 0.3) is 0 Å². The summed E-state index contributed by atoms with van der Waals surface area (Å²) in [6.45, 7) is 7.34. The van der Waals surface area contributed by atoms with Gasteiger partial charge in [0.1, 0.15) is 18.7 Å². The second-order valence-electron chi connectivity index (χ2n) is 9.71. The smallest absolute Gasteiger partial charge is 0.410 e. The Balaban J connectivity index is 2.78. The summed E-state index contributed by atoms with van der Waals surface area (Å²) in [6, 6.07) is 3.42. The number of amides is 6. The van der Waals surface area contributed by atoms with Crippen molar-refractivity contribution in [1.29, 1.82) is 0 Å². The second kappa shape index (κ2) is 15.4. The number of carbonyl (C=O) groups excluding carboxylic acids is 5. The standard InChI is InChI=1S/C25H41N7O6/c1-14(2)19(26)23(35)31-18(7-6-12-29-24(28)36)22(34)30-17-10-8-16(9-11-17)13-38-25(37)32(5)20(15(3)4)21(27)33/h8-11,14-15,18-20H,6-7,12-13,26H2,1-5H3,(H2,27,33)(H,30,34)(H,31,35)(H3,28,29,36)/t18-,19-,20-/m0/s1. The number of carbonyl (C=O) groups is 5. The van der Waals surface area contributed by atoms with Gasteiger partial charge in [-0.05, 0) is 42.4 Å². The van der Waals surface area contributed by atoms with Gasteiger partial charge in [-0.1, -0.05) is 39.8 Å². The highest BCUT2D eigenvalue weighted by molar-refractivity contribution is 5.97. The minimum atomic E-state index is -0.891. The molecule has 6 amide bonds. The number of benzene rings is 1. The van der Waals surface area contributed by atoms with E-state index in [4.69, 9.17) is 21.9 Å². The summed E-state index contributed by atoms with van der Waals surface area (Å²) >= 11 is 0. The first-order valence-electron chi connectivity index (χ1n) is 12.4. The summed E-state index contributed by atoms with van der Waals surface area (Å²) in [7, 11) is 1.45. The van der Waals surface area contributed by atoms with E-state index in [2.05, 4.69) is 16.0 Å². The molecule has 0 radical (unpaired) electrons. The van der Waals surface area contributed by atoms with Crippen LogP contribution < -0.4 is 33.2 Å². The molecule has 0 bridgehead atoms. The number of rotatable bonds is 14. The van der Waals surface area contributed by atoms with Gasteiger partial charge in [0.25, 0.3) is 0 Å². The van der Waals surface area contributed by atoms with Gasteiger partial charge in [0.15, 0.2) is 0 Å². The SMILES string of the molecule is CC(C)[C@H](N)C(=O)N[C@@H](CCCNC(N)=O)C(=O)Nc1ccc(COC(=O)N(C)[C@H](C(N)=O)C(C)C)cc1. The van der Waals surface area contributed by atoms with Crippen molar-refractivity contribution in [2.45, 2.75) is 65.3 Å². The van der Waals surface area contributed by atoms with Gasteiger partial charge in [-0.25, -0.2) is 9.59 Å². The number of hydrogen-bond acceptors (Lipinski definition) is 7. The van der Waals surface area contributed by atoms with Crippen LogP contribution >= 0.6 is 0 Å². The molecule has 0 aliphatic rings. The van der Waals surface area contributed by atoms with Crippen molar-refractivity contribution in [2.24, 2.45) is 29.0 Å². The third-order valence-electron chi connectivity index (χ3n) is 5.83. The molecule has 0 saturated heterocycles. The van der Waals surface area contributed by atoms with Gasteiger partial charge in [0.2, 0.25) is 17.7 Å². The molecule has 1 aromatic rings. The summed E-state index contributed by atoms with van der Waals surface area (Å²) in [6.07, 6.45) is -0.0546. The lowest BCUT2D eigenvalue weighted by Crippen LogP contribution is -2.51. The zero-order valence-electron chi connectivity index (χ0n) is 22.7. The normalized spacial score (nSPS) is 13.3. The zero-order valence-corrected chi connectivity index (χ0v) is 22.7. The van der Waals surface area contributed by atoms with Crippen molar-refractivity contribution in [2.75, 3.05) is 18.9 Å². The van der Waals surface area contributed by atoms with E-state index in [1.165, 1.54) is 11.9 Å². The van der Waals surface area contributed by atoms with Gasteiger partial charge in [0, 0.05) is 19.3 Å². The Kier molecular flexibility index (Phi) is 13.0. The van der Waals surface area contributed by atoms with Crippen molar-refractivity contribution in [3.05, 3.63) is 29.8 Å². The van der Waals surface area contributed by atoms with Crippen molar-refractivity contribution < 1.29 is 28.7 Å². The van der Waals surface area contributed by atoms with Crippen LogP contribution in [0.5, 0.6) is 0 Å². The second-order valence-corrected chi connectivity index (χ2v) is 9.71. The molecular weight excluding hydrogens is 494 g/mol. The predicted octanol–water partition coefficient (Wildman–Crippen LogP) is 0.620. The van der Waals surface area contributed by atoms with Crippen LogP contribution in [0.3, 0.4) is 0 Å². The molecule has 3 atom stereocenters. The quantitative estimate of drug-likeness (QED) is 0.187. The van der Waals surface area contributed by atoms with E-state index in [-0.39, 0.29) is 31.4 Å². The lowest BCUT2D eigenvalue weighted by molar-refractivity contribution is -0.128. The van der Waals surface area contributed by atoms with E-state index in [1.54, 1.807) is 52.0 Å². The Labute approximate surface area is 223 Å². The van der Waals surface area contributed by atoms with E-state index >= 15 is 0 Å². The van der Waals surface area contributed by atoms with Crippen LogP contribution in [0.4, 0.5) is 15.3 Å². The van der Waals surface area contributed by atoms with Gasteiger partial charge < -0.3 is 37.9 Å². The van der Waals surface area contributed by atoms with Crippen LogP contribution in [0.2, 0.25) is 0 Å². The Hall–Kier alpha value is -3.87. The van der Waals surface area contributed by atoms with Gasteiger partial charge in [-0.2, -0.15) is 0 Å². The van der Waals surface area contributed by atoms with Crippen LogP contribution in [0.1, 0.15) is 46.1 Å². The van der Waals surface area contributed by atoms with Crippen LogP contribution in [-0.4, -0.2) is 66.5 Å². The zero-order chi connectivity index (χ0) is 29.0. The number of nitrogens with one attached hydrogen (secondary N) is 3. The molecule has 13 heteroatoms. The predicted molar refractivity (Wildman–Crippen MR) is 142 cm³/mol. The number of anilines is 1. The van der Waals surface area contributed by atoms with Crippen LogP contribution in [-0.2, 0) is 25.7 Å². The van der Waals surface area contributed by atoms with Crippen LogP contribution in [0.15, 0.2) is 24.3 Å². The van der Waals surface area contributed by atoms with E-state index in [9.17, 15) is 24.0 Å². The number of ether oxygens (including phenoxy) is 1. The highest BCUT2D eigenvalue weighted by Gasteiger charge is 2.29. The molecule has 0 fully saturated rings. The molecule has 0 aromatic heterocycles. The molecule has 0 heterocycles. The Morgan fingerprint density at radius 3 is 2.05 bits per heavy atom. The Morgan fingerprint density at radius 1 is 0.947 bits per heavy atom. The molecule has 0 aliphatic heterocycles. The largest absolute Gasteiger partial charge is 0.445 e. The highest BCUT2D eigenvalue weighted by Crippen LogP contribution is 2.14. The Morgan fingerprint density at radius 2 is 1.55 bits per heavy atom. The van der Waals surface area contributed by atoms with Gasteiger partial charge in [-0.3, -0.25) is 19.3 Å². The number of urea groups is 1. The highest BCUT2D eigenvalue weighted by atomic mass is 16.6. The fourth-order valence-corrected chi connectivity index (χ4v) is 3.60. The maximum absolute atomic E-state index is 12.9. The minimum Gasteiger partial charge on any atom is -0.445 e. The Bertz CT molecular complexity index is 967. The fourth-order valence-electron chi connectivity index (χ4n) is 3.60. The van der Waals surface area contributed by atoms with Gasteiger partial charge in [0.05, 0.1) is 6.04 Å². The van der Waals surface area contributed by atoms with Crippen LogP contribution in [0, 0.1) is 11.8 Å². The summed E-state index contributed by atoms with van der Waals surface area (Å²) in [5, 5.41) is 7.85. The lowest BCUT2D eigenvalue weighted by Gasteiger charge is -2.27. The number of primary amides is 2. The molecule has 0 spiro atoms. The first kappa shape index (κ1) is 32.2. The third-order valence-corrected chi connectivity index (χ3v) is 5.83. The minimum absolute atomic E-state index is 0.0559. The average Bonchev–Trinajstić information content (AvgIpc) is 2.83. The van der Waals surface area contributed by atoms with Gasteiger partial charge in [-0.15, -0.1) is 0 Å². The van der Waals surface area contributed by atoms with Crippen molar-refractivity contribution in [3.63, 3.8) is 0 Å². The number of nitrogens with two attached hydrogens (primary N) is 3. The van der Waals surface area contributed by atoms with Crippen molar-refractivity contribution in [1.82, 2.24) is 15.5 Å². The fraction of sp³-hybridized carbons (Fsp3) is 0.560. The van der Waals surface area contributed by atoms with Gasteiger partial charge >= 0.3 is 12.1 Å². The summed E-state index contributed by atoms with van der Waals surface area (Å²) < 4.78 is 5.28. The maximum Gasteiger partial charge on any atom is 0.410 e. The molecule has 0 saturated carbocycles.